The molecule has 0 aromatic carbocycles. The largest absolute Gasteiger partial charge is 0.444 e. The lowest BCUT2D eigenvalue weighted by atomic mass is 9.97. The third kappa shape index (κ3) is 6.27. The van der Waals surface area contributed by atoms with Gasteiger partial charge in [0.05, 0.1) is 22.9 Å². The second-order valence-corrected chi connectivity index (χ2v) is 9.14. The zero-order valence-electron chi connectivity index (χ0n) is 18.3. The average Bonchev–Trinajstić information content (AvgIpc) is 3.19. The van der Waals surface area contributed by atoms with Crippen molar-refractivity contribution in [1.29, 1.82) is 0 Å². The molecule has 3 heterocycles. The maximum atomic E-state index is 5.72. The molecular formula is C21H34N6OS. The topological polar surface area (TPSA) is 78.6 Å². The van der Waals surface area contributed by atoms with Crippen LogP contribution in [0.5, 0.6) is 0 Å². The van der Waals surface area contributed by atoms with Gasteiger partial charge >= 0.3 is 0 Å². The number of hydrogen-bond acceptors (Lipinski definition) is 6. The minimum atomic E-state index is 0.669. The van der Waals surface area contributed by atoms with Crippen LogP contribution in [-0.4, -0.2) is 54.1 Å². The van der Waals surface area contributed by atoms with Crippen LogP contribution in [0, 0.1) is 33.6 Å². The highest BCUT2D eigenvalue weighted by molar-refractivity contribution is 7.11. The van der Waals surface area contributed by atoms with Crippen molar-refractivity contribution in [1.82, 2.24) is 25.5 Å². The number of nitrogens with zero attached hydrogens (tertiary/aromatic N) is 4. The van der Waals surface area contributed by atoms with Gasteiger partial charge in [-0.3, -0.25) is 9.89 Å². The van der Waals surface area contributed by atoms with Crippen LogP contribution in [0.25, 0.3) is 0 Å². The fourth-order valence-electron chi connectivity index (χ4n) is 3.54. The molecule has 0 aliphatic carbocycles. The van der Waals surface area contributed by atoms with E-state index in [9.17, 15) is 0 Å². The van der Waals surface area contributed by atoms with E-state index in [1.54, 1.807) is 11.3 Å². The minimum Gasteiger partial charge on any atom is -0.444 e. The standard InChI is InChI=1S/C21H34N6OS/c1-14-16(3)28-19(25-14)13-27-10-7-18(8-11-27)12-24-21(22-5)23-9-6-20-26-15(2)17(4)29-20/h18H,6-13H2,1-5H3,(H2,22,23,24). The fourth-order valence-corrected chi connectivity index (χ4v) is 4.48. The van der Waals surface area contributed by atoms with E-state index in [1.165, 1.54) is 22.7 Å². The molecule has 0 atom stereocenters. The number of oxazole rings is 1. The first-order valence-electron chi connectivity index (χ1n) is 10.5. The Kier molecular flexibility index (Phi) is 7.66. The van der Waals surface area contributed by atoms with E-state index in [1.807, 2.05) is 20.9 Å². The summed E-state index contributed by atoms with van der Waals surface area (Å²) >= 11 is 1.79. The van der Waals surface area contributed by atoms with Crippen LogP contribution >= 0.6 is 11.3 Å². The predicted molar refractivity (Wildman–Crippen MR) is 119 cm³/mol. The maximum absolute atomic E-state index is 5.72. The van der Waals surface area contributed by atoms with Crippen molar-refractivity contribution in [2.45, 2.75) is 53.5 Å². The molecule has 8 heteroatoms. The Morgan fingerprint density at radius 3 is 2.48 bits per heavy atom. The summed E-state index contributed by atoms with van der Waals surface area (Å²) in [6, 6.07) is 0. The molecule has 1 aliphatic rings. The normalized spacial score (nSPS) is 16.4. The van der Waals surface area contributed by atoms with E-state index in [0.29, 0.717) is 5.92 Å². The van der Waals surface area contributed by atoms with Gasteiger partial charge in [0, 0.05) is 31.4 Å². The van der Waals surface area contributed by atoms with Gasteiger partial charge in [-0.2, -0.15) is 0 Å². The van der Waals surface area contributed by atoms with Gasteiger partial charge in [-0.1, -0.05) is 0 Å². The van der Waals surface area contributed by atoms with Crippen molar-refractivity contribution < 1.29 is 4.42 Å². The van der Waals surface area contributed by atoms with Gasteiger partial charge in [0.1, 0.15) is 5.76 Å². The molecular weight excluding hydrogens is 384 g/mol. The smallest absolute Gasteiger partial charge is 0.208 e. The van der Waals surface area contributed by atoms with Crippen LogP contribution in [0.1, 0.15) is 45.8 Å². The first-order chi connectivity index (χ1) is 13.9. The van der Waals surface area contributed by atoms with Gasteiger partial charge in [-0.25, -0.2) is 9.97 Å². The zero-order valence-corrected chi connectivity index (χ0v) is 19.2. The molecule has 3 rings (SSSR count). The first kappa shape index (κ1) is 21.8. The first-order valence-corrected chi connectivity index (χ1v) is 11.3. The van der Waals surface area contributed by atoms with E-state index < -0.39 is 0 Å². The van der Waals surface area contributed by atoms with Gasteiger partial charge in [0.25, 0.3) is 0 Å². The van der Waals surface area contributed by atoms with E-state index in [4.69, 9.17) is 4.42 Å². The number of nitrogens with one attached hydrogen (secondary N) is 2. The Labute approximate surface area is 178 Å². The Hall–Kier alpha value is -1.93. The third-order valence-corrected chi connectivity index (χ3v) is 6.76. The summed E-state index contributed by atoms with van der Waals surface area (Å²) in [6.45, 7) is 13.0. The molecule has 29 heavy (non-hydrogen) atoms. The number of piperidine rings is 1. The molecule has 0 radical (unpaired) electrons. The average molecular weight is 419 g/mol. The summed E-state index contributed by atoms with van der Waals surface area (Å²) in [5, 5.41) is 8.09. The molecule has 1 fully saturated rings. The lowest BCUT2D eigenvalue weighted by Crippen LogP contribution is -2.43. The zero-order chi connectivity index (χ0) is 20.8. The van der Waals surface area contributed by atoms with Crippen LogP contribution in [0.15, 0.2) is 9.41 Å². The molecule has 2 aromatic rings. The lowest BCUT2D eigenvalue weighted by Gasteiger charge is -2.31. The summed E-state index contributed by atoms with van der Waals surface area (Å²) in [4.78, 5) is 17.2. The summed E-state index contributed by atoms with van der Waals surface area (Å²) in [5.74, 6) is 3.31. The van der Waals surface area contributed by atoms with E-state index in [-0.39, 0.29) is 0 Å². The molecule has 0 saturated carbocycles. The van der Waals surface area contributed by atoms with Gasteiger partial charge in [0.2, 0.25) is 5.89 Å². The number of aromatic nitrogens is 2. The SMILES string of the molecule is CN=C(NCCc1nc(C)c(C)s1)NCC1CCN(Cc2nc(C)c(C)o2)CC1. The van der Waals surface area contributed by atoms with Gasteiger partial charge in [-0.15, -0.1) is 11.3 Å². The Balaban J connectivity index is 1.34. The van der Waals surface area contributed by atoms with Crippen LogP contribution in [0.4, 0.5) is 0 Å². The molecule has 7 nitrogen and oxygen atoms in total. The van der Waals surface area contributed by atoms with Crippen molar-refractivity contribution in [3.63, 3.8) is 0 Å². The van der Waals surface area contributed by atoms with Gasteiger partial charge in [0.15, 0.2) is 5.96 Å². The minimum absolute atomic E-state index is 0.669. The Bertz CT molecular complexity index is 780. The second-order valence-electron chi connectivity index (χ2n) is 7.85. The Morgan fingerprint density at radius 2 is 1.90 bits per heavy atom. The molecule has 0 bridgehead atoms. The highest BCUT2D eigenvalue weighted by Crippen LogP contribution is 2.19. The highest BCUT2D eigenvalue weighted by atomic mass is 32.1. The van der Waals surface area contributed by atoms with Crippen molar-refractivity contribution >= 4 is 17.3 Å². The monoisotopic (exact) mass is 418 g/mol. The molecule has 1 aliphatic heterocycles. The van der Waals surface area contributed by atoms with E-state index in [0.717, 1.165) is 68.1 Å². The van der Waals surface area contributed by atoms with Crippen molar-refractivity contribution in [3.8, 4) is 0 Å². The number of likely N-dealkylation sites (tertiary alicyclic amines) is 1. The fraction of sp³-hybridized carbons (Fsp3) is 0.667. The van der Waals surface area contributed by atoms with Crippen LogP contribution in [0.3, 0.4) is 0 Å². The Morgan fingerprint density at radius 1 is 1.14 bits per heavy atom. The summed E-state index contributed by atoms with van der Waals surface area (Å²) in [7, 11) is 1.83. The highest BCUT2D eigenvalue weighted by Gasteiger charge is 2.21. The summed E-state index contributed by atoms with van der Waals surface area (Å²) < 4.78 is 5.72. The van der Waals surface area contributed by atoms with E-state index in [2.05, 4.69) is 44.3 Å². The van der Waals surface area contributed by atoms with Crippen molar-refractivity contribution in [2.75, 3.05) is 33.2 Å². The molecule has 2 N–H and O–H groups in total. The molecule has 2 aromatic heterocycles. The van der Waals surface area contributed by atoms with Crippen LogP contribution < -0.4 is 10.6 Å². The maximum Gasteiger partial charge on any atom is 0.208 e. The van der Waals surface area contributed by atoms with Gasteiger partial charge < -0.3 is 15.1 Å². The number of hydrogen-bond donors (Lipinski definition) is 2. The number of thiazole rings is 1. The number of guanidine groups is 1. The van der Waals surface area contributed by atoms with Crippen LogP contribution in [0.2, 0.25) is 0 Å². The molecule has 0 spiro atoms. The second kappa shape index (κ2) is 10.2. The van der Waals surface area contributed by atoms with Gasteiger partial charge in [-0.05, 0) is 59.5 Å². The number of aliphatic imine (C=N–C) groups is 1. The van der Waals surface area contributed by atoms with Crippen molar-refractivity contribution in [3.05, 3.63) is 32.9 Å². The number of rotatable bonds is 7. The third-order valence-electron chi connectivity index (χ3n) is 5.62. The van der Waals surface area contributed by atoms with E-state index >= 15 is 0 Å². The predicted octanol–water partition coefficient (Wildman–Crippen LogP) is 2.98. The lowest BCUT2D eigenvalue weighted by molar-refractivity contribution is 0.164. The van der Waals surface area contributed by atoms with Crippen LogP contribution in [-0.2, 0) is 13.0 Å². The molecule has 0 amide bonds. The quantitative estimate of drug-likeness (QED) is 0.532. The summed E-state index contributed by atoms with van der Waals surface area (Å²) in [5.41, 5.74) is 2.14. The number of aryl methyl sites for hydroxylation is 4. The summed E-state index contributed by atoms with van der Waals surface area (Å²) in [6.07, 6.45) is 3.29. The molecule has 0 unspecified atom stereocenters. The van der Waals surface area contributed by atoms with Crippen molar-refractivity contribution in [2.24, 2.45) is 10.9 Å². The molecule has 1 saturated heterocycles. The molecule has 160 valence electrons.